The van der Waals surface area contributed by atoms with Gasteiger partial charge in [-0.2, -0.15) is 0 Å². The standard InChI is InChI=1S/C24H16N2O4/c27-23(21-11-5-15-29-21)25-19-9-3-1-7-17(19)13-14-18-8-2-4-10-20(18)26-24(28)22-12-6-16-30-22/h1-12,15-16H,(H,25,27)(H,26,28). The van der Waals surface area contributed by atoms with Crippen LogP contribution in [0.2, 0.25) is 0 Å². The fourth-order valence-corrected chi connectivity index (χ4v) is 2.72. The molecule has 0 bridgehead atoms. The number of carbonyl (C=O) groups excluding carboxylic acids is 2. The summed E-state index contributed by atoms with van der Waals surface area (Å²) in [4.78, 5) is 24.6. The van der Waals surface area contributed by atoms with Gasteiger partial charge in [-0.1, -0.05) is 36.1 Å². The van der Waals surface area contributed by atoms with Gasteiger partial charge >= 0.3 is 0 Å². The van der Waals surface area contributed by atoms with Gasteiger partial charge in [0.2, 0.25) is 0 Å². The van der Waals surface area contributed by atoms with Crippen molar-refractivity contribution < 1.29 is 18.4 Å². The third-order valence-corrected chi connectivity index (χ3v) is 4.17. The highest BCUT2D eigenvalue weighted by atomic mass is 16.3. The molecule has 0 spiro atoms. The summed E-state index contributed by atoms with van der Waals surface area (Å²) in [7, 11) is 0. The van der Waals surface area contributed by atoms with Crippen LogP contribution in [0.25, 0.3) is 0 Å². The summed E-state index contributed by atoms with van der Waals surface area (Å²) in [6.07, 6.45) is 2.88. The van der Waals surface area contributed by atoms with E-state index in [2.05, 4.69) is 22.5 Å². The Morgan fingerprint density at radius 1 is 0.600 bits per heavy atom. The fourth-order valence-electron chi connectivity index (χ4n) is 2.72. The Balaban J connectivity index is 1.58. The van der Waals surface area contributed by atoms with Crippen molar-refractivity contribution in [3.8, 4) is 11.8 Å². The summed E-state index contributed by atoms with van der Waals surface area (Å²) >= 11 is 0. The molecule has 0 aliphatic rings. The summed E-state index contributed by atoms with van der Waals surface area (Å²) in [5.41, 5.74) is 2.38. The van der Waals surface area contributed by atoms with Gasteiger partial charge in [0.15, 0.2) is 11.5 Å². The molecule has 4 aromatic rings. The second-order valence-corrected chi connectivity index (χ2v) is 6.20. The van der Waals surface area contributed by atoms with Crippen LogP contribution in [-0.2, 0) is 0 Å². The van der Waals surface area contributed by atoms with E-state index in [-0.39, 0.29) is 23.3 Å². The van der Waals surface area contributed by atoms with Crippen molar-refractivity contribution in [3.05, 3.63) is 108 Å². The number of hydrogen-bond donors (Lipinski definition) is 2. The molecule has 0 aliphatic heterocycles. The predicted octanol–water partition coefficient (Wildman–Crippen LogP) is 4.78. The Kier molecular flexibility index (Phi) is 5.45. The number of amides is 2. The number of furan rings is 2. The van der Waals surface area contributed by atoms with Crippen LogP contribution in [-0.4, -0.2) is 11.8 Å². The van der Waals surface area contributed by atoms with Crippen LogP contribution in [0.4, 0.5) is 11.4 Å². The molecule has 2 heterocycles. The number of carbonyl (C=O) groups is 2. The zero-order valence-electron chi connectivity index (χ0n) is 15.7. The molecule has 146 valence electrons. The van der Waals surface area contributed by atoms with Crippen LogP contribution in [0.1, 0.15) is 32.2 Å². The molecule has 6 nitrogen and oxygen atoms in total. The Morgan fingerprint density at radius 3 is 1.43 bits per heavy atom. The molecular formula is C24H16N2O4. The second-order valence-electron chi connectivity index (χ2n) is 6.20. The summed E-state index contributed by atoms with van der Waals surface area (Å²) in [6.45, 7) is 0. The number of anilines is 2. The molecule has 2 aromatic heterocycles. The minimum absolute atomic E-state index is 0.212. The zero-order chi connectivity index (χ0) is 20.8. The van der Waals surface area contributed by atoms with Gasteiger partial charge in [0.25, 0.3) is 11.8 Å². The maximum absolute atomic E-state index is 12.3. The number of para-hydroxylation sites is 2. The van der Waals surface area contributed by atoms with Gasteiger partial charge in [0, 0.05) is 11.1 Å². The third kappa shape index (κ3) is 4.32. The molecule has 2 aromatic carbocycles. The van der Waals surface area contributed by atoms with E-state index in [9.17, 15) is 9.59 Å². The van der Waals surface area contributed by atoms with Crippen LogP contribution in [0.5, 0.6) is 0 Å². The lowest BCUT2D eigenvalue weighted by Gasteiger charge is -2.07. The van der Waals surface area contributed by atoms with E-state index in [1.54, 1.807) is 60.7 Å². The van der Waals surface area contributed by atoms with E-state index in [1.165, 1.54) is 12.5 Å². The van der Waals surface area contributed by atoms with Crippen molar-refractivity contribution in [2.75, 3.05) is 10.6 Å². The van der Waals surface area contributed by atoms with E-state index >= 15 is 0 Å². The number of rotatable bonds is 4. The summed E-state index contributed by atoms with van der Waals surface area (Å²) < 4.78 is 10.2. The quantitative estimate of drug-likeness (QED) is 0.486. The highest BCUT2D eigenvalue weighted by Gasteiger charge is 2.12. The largest absolute Gasteiger partial charge is 0.459 e. The Labute approximate surface area is 172 Å². The third-order valence-electron chi connectivity index (χ3n) is 4.17. The molecule has 0 radical (unpaired) electrons. The average molecular weight is 396 g/mol. The Bertz CT molecular complexity index is 1130. The predicted molar refractivity (Wildman–Crippen MR) is 112 cm³/mol. The first kappa shape index (κ1) is 18.8. The van der Waals surface area contributed by atoms with Crippen molar-refractivity contribution in [1.82, 2.24) is 0 Å². The van der Waals surface area contributed by atoms with Crippen molar-refractivity contribution in [3.63, 3.8) is 0 Å². The number of hydrogen-bond acceptors (Lipinski definition) is 4. The normalized spacial score (nSPS) is 10.0. The maximum Gasteiger partial charge on any atom is 0.291 e. The van der Waals surface area contributed by atoms with Gasteiger partial charge < -0.3 is 19.5 Å². The maximum atomic E-state index is 12.3. The van der Waals surface area contributed by atoms with Gasteiger partial charge in [0.1, 0.15) is 0 Å². The van der Waals surface area contributed by atoms with E-state index in [1.807, 2.05) is 12.1 Å². The van der Waals surface area contributed by atoms with Gasteiger partial charge in [0.05, 0.1) is 23.9 Å². The monoisotopic (exact) mass is 396 g/mol. The van der Waals surface area contributed by atoms with Crippen LogP contribution < -0.4 is 10.6 Å². The first-order valence-electron chi connectivity index (χ1n) is 9.10. The topological polar surface area (TPSA) is 84.5 Å². The molecular weight excluding hydrogens is 380 g/mol. The van der Waals surface area contributed by atoms with Crippen LogP contribution in [0.3, 0.4) is 0 Å². The molecule has 4 rings (SSSR count). The minimum Gasteiger partial charge on any atom is -0.459 e. The molecule has 30 heavy (non-hydrogen) atoms. The summed E-state index contributed by atoms with van der Waals surface area (Å²) in [5.74, 6) is 5.82. The lowest BCUT2D eigenvalue weighted by atomic mass is 10.1. The SMILES string of the molecule is O=C(Nc1ccccc1C#Cc1ccccc1NC(=O)c1ccco1)c1ccco1. The highest BCUT2D eigenvalue weighted by molar-refractivity contribution is 6.03. The smallest absolute Gasteiger partial charge is 0.291 e. The lowest BCUT2D eigenvalue weighted by molar-refractivity contribution is 0.0989. The first-order valence-corrected chi connectivity index (χ1v) is 9.10. The molecule has 0 fully saturated rings. The molecule has 0 saturated heterocycles. The van der Waals surface area contributed by atoms with E-state index < -0.39 is 0 Å². The summed E-state index contributed by atoms with van der Waals surface area (Å²) in [6, 6.07) is 20.9. The average Bonchev–Trinajstić information content (AvgIpc) is 3.48. The fraction of sp³-hybridized carbons (Fsp3) is 0. The van der Waals surface area contributed by atoms with Crippen LogP contribution >= 0.6 is 0 Å². The zero-order valence-corrected chi connectivity index (χ0v) is 15.7. The Morgan fingerprint density at radius 2 is 1.03 bits per heavy atom. The molecule has 0 saturated carbocycles. The second kappa shape index (κ2) is 8.67. The van der Waals surface area contributed by atoms with E-state index in [4.69, 9.17) is 8.83 Å². The van der Waals surface area contributed by atoms with Crippen molar-refractivity contribution in [2.45, 2.75) is 0 Å². The van der Waals surface area contributed by atoms with E-state index in [0.29, 0.717) is 22.5 Å². The van der Waals surface area contributed by atoms with Crippen molar-refractivity contribution in [1.29, 1.82) is 0 Å². The Hall–Kier alpha value is -4.50. The molecule has 6 heteroatoms. The molecule has 0 aliphatic carbocycles. The van der Waals surface area contributed by atoms with Gasteiger partial charge in [-0.25, -0.2) is 0 Å². The first-order chi connectivity index (χ1) is 14.7. The molecule has 0 atom stereocenters. The molecule has 2 amide bonds. The van der Waals surface area contributed by atoms with Gasteiger partial charge in [-0.15, -0.1) is 0 Å². The van der Waals surface area contributed by atoms with Crippen LogP contribution in [0.15, 0.2) is 94.2 Å². The lowest BCUT2D eigenvalue weighted by Crippen LogP contribution is -2.12. The highest BCUT2D eigenvalue weighted by Crippen LogP contribution is 2.18. The van der Waals surface area contributed by atoms with Crippen molar-refractivity contribution >= 4 is 23.2 Å². The van der Waals surface area contributed by atoms with Gasteiger partial charge in [-0.3, -0.25) is 9.59 Å². The number of benzene rings is 2. The molecule has 2 N–H and O–H groups in total. The minimum atomic E-state index is -0.361. The number of nitrogens with one attached hydrogen (secondary N) is 2. The molecule has 0 unspecified atom stereocenters. The van der Waals surface area contributed by atoms with E-state index in [0.717, 1.165) is 0 Å². The summed E-state index contributed by atoms with van der Waals surface area (Å²) in [5, 5.41) is 5.59. The van der Waals surface area contributed by atoms with Crippen LogP contribution in [0, 0.1) is 11.8 Å². The van der Waals surface area contributed by atoms with Gasteiger partial charge in [-0.05, 0) is 48.5 Å². The van der Waals surface area contributed by atoms with Crippen molar-refractivity contribution in [2.24, 2.45) is 0 Å².